The van der Waals surface area contributed by atoms with E-state index < -0.39 is 0 Å². The number of hydrogen-bond acceptors (Lipinski definition) is 4. The molecule has 0 atom stereocenters. The number of carbonyl (C=O) groups excluding carboxylic acids is 1. The third-order valence-corrected chi connectivity index (χ3v) is 2.05. The Morgan fingerprint density at radius 1 is 1.38 bits per heavy atom. The molecule has 1 aromatic heterocycles. The summed E-state index contributed by atoms with van der Waals surface area (Å²) in [6.07, 6.45) is 1.53. The number of benzene rings is 1. The first kappa shape index (κ1) is 10.4. The summed E-state index contributed by atoms with van der Waals surface area (Å²) in [5, 5.41) is 3.98. The zero-order valence-electron chi connectivity index (χ0n) is 9.04. The molecule has 5 nitrogen and oxygen atoms in total. The van der Waals surface area contributed by atoms with Crippen molar-refractivity contribution in [3.8, 4) is 11.8 Å². The highest BCUT2D eigenvalue weighted by atomic mass is 16.5. The van der Waals surface area contributed by atoms with Gasteiger partial charge in [-0.25, -0.2) is 0 Å². The Morgan fingerprint density at radius 3 is 2.75 bits per heavy atom. The van der Waals surface area contributed by atoms with Gasteiger partial charge in [-0.15, -0.1) is 5.10 Å². The van der Waals surface area contributed by atoms with Crippen LogP contribution in [0.25, 0.3) is 0 Å². The molecular formula is C11H11N3O2. The molecule has 16 heavy (non-hydrogen) atoms. The van der Waals surface area contributed by atoms with Gasteiger partial charge >= 0.3 is 6.01 Å². The minimum atomic E-state index is -0.0495. The Labute approximate surface area is 92.7 Å². The lowest BCUT2D eigenvalue weighted by atomic mass is 10.1. The van der Waals surface area contributed by atoms with E-state index in [0.29, 0.717) is 11.3 Å². The average molecular weight is 217 g/mol. The van der Waals surface area contributed by atoms with Gasteiger partial charge in [0.1, 0.15) is 12.1 Å². The van der Waals surface area contributed by atoms with Crippen LogP contribution in [0.4, 0.5) is 0 Å². The summed E-state index contributed by atoms with van der Waals surface area (Å²) in [7, 11) is 1.75. The topological polar surface area (TPSA) is 57.0 Å². The lowest BCUT2D eigenvalue weighted by molar-refractivity contribution is 0.101. The van der Waals surface area contributed by atoms with Crippen LogP contribution >= 0.6 is 0 Å². The summed E-state index contributed by atoms with van der Waals surface area (Å²) in [6.45, 7) is 1.49. The summed E-state index contributed by atoms with van der Waals surface area (Å²) >= 11 is 0. The largest absolute Gasteiger partial charge is 0.422 e. The molecule has 0 unspecified atom stereocenters. The minimum Gasteiger partial charge on any atom is -0.422 e. The maximum absolute atomic E-state index is 11.3. The van der Waals surface area contributed by atoms with E-state index in [4.69, 9.17) is 4.74 Å². The zero-order chi connectivity index (χ0) is 11.5. The van der Waals surface area contributed by atoms with Gasteiger partial charge in [-0.1, -0.05) is 12.1 Å². The Morgan fingerprint density at radius 2 is 2.12 bits per heavy atom. The number of carbonyl (C=O) groups is 1. The number of rotatable bonds is 3. The van der Waals surface area contributed by atoms with Gasteiger partial charge in [-0.3, -0.25) is 9.48 Å². The third-order valence-electron chi connectivity index (χ3n) is 2.05. The molecule has 0 N–H and O–H groups in total. The zero-order valence-corrected chi connectivity index (χ0v) is 9.04. The molecule has 0 bridgehead atoms. The van der Waals surface area contributed by atoms with Crippen molar-refractivity contribution in [2.24, 2.45) is 7.05 Å². The molecule has 0 saturated carbocycles. The highest BCUT2D eigenvalue weighted by molar-refractivity contribution is 5.96. The van der Waals surface area contributed by atoms with Crippen molar-refractivity contribution in [3.05, 3.63) is 36.2 Å². The van der Waals surface area contributed by atoms with Crippen LogP contribution < -0.4 is 4.74 Å². The Hall–Kier alpha value is -2.17. The SMILES string of the molecule is CC(=O)c1ccccc1Oc1ncn(C)n1. The van der Waals surface area contributed by atoms with E-state index in [2.05, 4.69) is 10.1 Å². The molecule has 0 aliphatic carbocycles. The predicted octanol–water partition coefficient (Wildman–Crippen LogP) is 1.81. The quantitative estimate of drug-likeness (QED) is 0.736. The number of nitrogens with zero attached hydrogens (tertiary/aromatic N) is 3. The van der Waals surface area contributed by atoms with Crippen LogP contribution in [-0.2, 0) is 7.05 Å². The number of Topliss-reactive ketones (excluding diaryl/α,β-unsaturated/α-hetero) is 1. The summed E-state index contributed by atoms with van der Waals surface area (Å²) in [4.78, 5) is 15.3. The minimum absolute atomic E-state index is 0.0495. The Bertz CT molecular complexity index is 519. The number of para-hydroxylation sites is 1. The van der Waals surface area contributed by atoms with Gasteiger partial charge in [0.15, 0.2) is 5.78 Å². The van der Waals surface area contributed by atoms with E-state index in [1.807, 2.05) is 0 Å². The molecule has 2 rings (SSSR count). The average Bonchev–Trinajstić information content (AvgIpc) is 2.64. The normalized spacial score (nSPS) is 10.1. The molecule has 0 aliphatic rings. The number of aromatic nitrogens is 3. The summed E-state index contributed by atoms with van der Waals surface area (Å²) < 4.78 is 6.96. The van der Waals surface area contributed by atoms with Gasteiger partial charge in [0.05, 0.1) is 5.56 Å². The maximum atomic E-state index is 11.3. The van der Waals surface area contributed by atoms with Gasteiger partial charge in [0, 0.05) is 7.05 Å². The molecule has 82 valence electrons. The smallest absolute Gasteiger partial charge is 0.341 e. The molecular weight excluding hydrogens is 206 g/mol. The van der Waals surface area contributed by atoms with E-state index in [-0.39, 0.29) is 11.8 Å². The molecule has 0 radical (unpaired) electrons. The van der Waals surface area contributed by atoms with E-state index >= 15 is 0 Å². The van der Waals surface area contributed by atoms with Crippen molar-refractivity contribution < 1.29 is 9.53 Å². The lowest BCUT2D eigenvalue weighted by Crippen LogP contribution is -1.97. The summed E-state index contributed by atoms with van der Waals surface area (Å²) in [5.41, 5.74) is 0.523. The van der Waals surface area contributed by atoms with Crippen LogP contribution in [0.2, 0.25) is 0 Å². The highest BCUT2D eigenvalue weighted by Gasteiger charge is 2.10. The number of ether oxygens (including phenoxy) is 1. The van der Waals surface area contributed by atoms with Crippen molar-refractivity contribution in [2.45, 2.75) is 6.92 Å². The molecule has 0 spiro atoms. The monoisotopic (exact) mass is 217 g/mol. The third kappa shape index (κ3) is 2.08. The Kier molecular flexibility index (Phi) is 2.68. The second kappa shape index (κ2) is 4.14. The summed E-state index contributed by atoms with van der Waals surface area (Å²) in [6, 6.07) is 7.24. The van der Waals surface area contributed by atoms with Gasteiger partial charge in [0.2, 0.25) is 0 Å². The van der Waals surface area contributed by atoms with Crippen molar-refractivity contribution in [1.82, 2.24) is 14.8 Å². The molecule has 5 heteroatoms. The molecule has 0 aliphatic heterocycles. The fourth-order valence-corrected chi connectivity index (χ4v) is 1.31. The van der Waals surface area contributed by atoms with Crippen molar-refractivity contribution in [3.63, 3.8) is 0 Å². The first-order valence-electron chi connectivity index (χ1n) is 4.80. The number of hydrogen-bond donors (Lipinski definition) is 0. The van der Waals surface area contributed by atoms with Gasteiger partial charge in [-0.2, -0.15) is 4.98 Å². The Balaban J connectivity index is 2.31. The predicted molar refractivity (Wildman–Crippen MR) is 57.5 cm³/mol. The maximum Gasteiger partial charge on any atom is 0.341 e. The van der Waals surface area contributed by atoms with E-state index in [9.17, 15) is 4.79 Å². The summed E-state index contributed by atoms with van der Waals surface area (Å²) in [5.74, 6) is 0.424. The van der Waals surface area contributed by atoms with Crippen LogP contribution in [0.15, 0.2) is 30.6 Å². The molecule has 0 amide bonds. The lowest BCUT2D eigenvalue weighted by Gasteiger charge is -2.04. The van der Waals surface area contributed by atoms with Crippen LogP contribution in [0.5, 0.6) is 11.8 Å². The van der Waals surface area contributed by atoms with Crippen LogP contribution in [0, 0.1) is 0 Å². The van der Waals surface area contributed by atoms with E-state index in [0.717, 1.165) is 0 Å². The second-order valence-corrected chi connectivity index (χ2v) is 3.36. The number of ketones is 1. The second-order valence-electron chi connectivity index (χ2n) is 3.36. The van der Waals surface area contributed by atoms with Crippen molar-refractivity contribution in [1.29, 1.82) is 0 Å². The van der Waals surface area contributed by atoms with Gasteiger partial charge in [0.25, 0.3) is 0 Å². The van der Waals surface area contributed by atoms with Crippen molar-refractivity contribution in [2.75, 3.05) is 0 Å². The molecule has 0 saturated heterocycles. The van der Waals surface area contributed by atoms with Crippen LogP contribution in [0.3, 0.4) is 0 Å². The molecule has 1 aromatic carbocycles. The number of aryl methyl sites for hydroxylation is 1. The molecule has 0 fully saturated rings. The molecule has 2 aromatic rings. The van der Waals surface area contributed by atoms with Gasteiger partial charge < -0.3 is 4.74 Å². The fraction of sp³-hybridized carbons (Fsp3) is 0.182. The first-order valence-corrected chi connectivity index (χ1v) is 4.80. The van der Waals surface area contributed by atoms with Crippen LogP contribution in [0.1, 0.15) is 17.3 Å². The first-order chi connectivity index (χ1) is 7.66. The highest BCUT2D eigenvalue weighted by Crippen LogP contribution is 2.22. The standard InChI is InChI=1S/C11H11N3O2/c1-8(15)9-5-3-4-6-10(9)16-11-12-7-14(2)13-11/h3-7H,1-2H3. The van der Waals surface area contributed by atoms with E-state index in [1.54, 1.807) is 31.3 Å². The van der Waals surface area contributed by atoms with Crippen molar-refractivity contribution >= 4 is 5.78 Å². The van der Waals surface area contributed by atoms with Crippen LogP contribution in [-0.4, -0.2) is 20.5 Å². The van der Waals surface area contributed by atoms with Gasteiger partial charge in [-0.05, 0) is 19.1 Å². The molecule has 1 heterocycles. The van der Waals surface area contributed by atoms with E-state index in [1.165, 1.54) is 17.9 Å². The fourth-order valence-electron chi connectivity index (χ4n) is 1.31.